The van der Waals surface area contributed by atoms with E-state index in [2.05, 4.69) is 4.18 Å². The second kappa shape index (κ2) is 7.16. The SMILES string of the molecule is COc1ccc2c(C(=O)c3ccccc3)ccc(OS(=O)(=O)C(F)(F)F)c2c1. The van der Waals surface area contributed by atoms with E-state index in [0.717, 1.165) is 6.07 Å². The summed E-state index contributed by atoms with van der Waals surface area (Å²) in [5.74, 6) is -0.678. The predicted octanol–water partition coefficient (Wildman–Crippen LogP) is 4.31. The minimum atomic E-state index is -5.87. The van der Waals surface area contributed by atoms with E-state index < -0.39 is 21.4 Å². The van der Waals surface area contributed by atoms with Crippen LogP contribution in [0, 0.1) is 0 Å². The van der Waals surface area contributed by atoms with Crippen LogP contribution in [-0.2, 0) is 10.1 Å². The molecule has 0 heterocycles. The van der Waals surface area contributed by atoms with Crippen LogP contribution in [0.2, 0.25) is 0 Å². The fourth-order valence-corrected chi connectivity index (χ4v) is 3.08. The van der Waals surface area contributed by atoms with Gasteiger partial charge in [0.2, 0.25) is 0 Å². The molecule has 3 aromatic carbocycles. The average molecular weight is 410 g/mol. The minimum absolute atomic E-state index is 0.00560. The Labute approximate surface area is 158 Å². The number of carbonyl (C=O) groups excluding carboxylic acids is 1. The monoisotopic (exact) mass is 410 g/mol. The number of alkyl halides is 3. The zero-order valence-corrected chi connectivity index (χ0v) is 15.2. The molecular weight excluding hydrogens is 397 g/mol. The van der Waals surface area contributed by atoms with Crippen LogP contribution in [0.25, 0.3) is 10.8 Å². The summed E-state index contributed by atoms with van der Waals surface area (Å²) in [7, 11) is -4.53. The van der Waals surface area contributed by atoms with Crippen molar-refractivity contribution in [3.8, 4) is 11.5 Å². The van der Waals surface area contributed by atoms with Crippen LogP contribution in [-0.4, -0.2) is 26.8 Å². The standard InChI is InChI=1S/C19H13F3O5S/c1-26-13-7-8-14-15(18(23)12-5-3-2-4-6-12)9-10-17(16(14)11-13)27-28(24,25)19(20,21)22/h2-11H,1H3. The molecule has 5 nitrogen and oxygen atoms in total. The van der Waals surface area contributed by atoms with E-state index in [1.807, 2.05) is 0 Å². The van der Waals surface area contributed by atoms with E-state index in [9.17, 15) is 26.4 Å². The number of fused-ring (bicyclic) bond motifs is 1. The van der Waals surface area contributed by atoms with Crippen LogP contribution >= 0.6 is 0 Å². The molecular formula is C19H13F3O5S. The highest BCUT2D eigenvalue weighted by molar-refractivity contribution is 7.88. The van der Waals surface area contributed by atoms with Gasteiger partial charge in [0.1, 0.15) is 5.75 Å². The first-order chi connectivity index (χ1) is 13.1. The zero-order valence-electron chi connectivity index (χ0n) is 14.4. The third-order valence-corrected chi connectivity index (χ3v) is 4.91. The Balaban J connectivity index is 2.19. The first-order valence-electron chi connectivity index (χ1n) is 7.85. The van der Waals surface area contributed by atoms with E-state index >= 15 is 0 Å². The van der Waals surface area contributed by atoms with Crippen LogP contribution < -0.4 is 8.92 Å². The number of benzene rings is 3. The molecule has 0 bridgehead atoms. The van der Waals surface area contributed by atoms with E-state index in [0.29, 0.717) is 5.56 Å². The van der Waals surface area contributed by atoms with Gasteiger partial charge in [-0.25, -0.2) is 0 Å². The van der Waals surface area contributed by atoms with Gasteiger partial charge in [0.25, 0.3) is 0 Å². The highest BCUT2D eigenvalue weighted by Crippen LogP contribution is 2.36. The topological polar surface area (TPSA) is 69.7 Å². The van der Waals surface area contributed by atoms with Gasteiger partial charge < -0.3 is 8.92 Å². The fraction of sp³-hybridized carbons (Fsp3) is 0.105. The summed E-state index contributed by atoms with van der Waals surface area (Å²) >= 11 is 0. The summed E-state index contributed by atoms with van der Waals surface area (Å²) in [6.07, 6.45) is 0. The molecule has 0 aliphatic heterocycles. The maximum absolute atomic E-state index is 12.8. The molecule has 0 aromatic heterocycles. The number of methoxy groups -OCH3 is 1. The first-order valence-corrected chi connectivity index (χ1v) is 9.26. The average Bonchev–Trinajstić information content (AvgIpc) is 2.67. The smallest absolute Gasteiger partial charge is 0.497 e. The summed E-state index contributed by atoms with van der Waals surface area (Å²) in [5.41, 5.74) is -5.03. The normalized spacial score (nSPS) is 12.0. The van der Waals surface area contributed by atoms with Crippen molar-refractivity contribution < 1.29 is 35.3 Å². The highest BCUT2D eigenvalue weighted by atomic mass is 32.2. The van der Waals surface area contributed by atoms with Gasteiger partial charge in [-0.3, -0.25) is 4.79 Å². The van der Waals surface area contributed by atoms with Crippen molar-refractivity contribution in [2.45, 2.75) is 5.51 Å². The molecule has 3 rings (SSSR count). The van der Waals surface area contributed by atoms with Gasteiger partial charge in [0, 0.05) is 16.5 Å². The lowest BCUT2D eigenvalue weighted by Gasteiger charge is -2.14. The molecule has 0 saturated carbocycles. The molecule has 0 atom stereocenters. The zero-order chi connectivity index (χ0) is 20.5. The lowest BCUT2D eigenvalue weighted by Crippen LogP contribution is -2.28. The molecule has 0 aliphatic carbocycles. The van der Waals surface area contributed by atoms with Crippen LogP contribution in [0.3, 0.4) is 0 Å². The van der Waals surface area contributed by atoms with Gasteiger partial charge in [-0.15, -0.1) is 0 Å². The van der Waals surface area contributed by atoms with Crippen LogP contribution in [0.15, 0.2) is 60.7 Å². The molecule has 0 amide bonds. The number of hydrogen-bond donors (Lipinski definition) is 0. The Kier molecular flexibility index (Phi) is 5.03. The minimum Gasteiger partial charge on any atom is -0.497 e. The van der Waals surface area contributed by atoms with Crippen molar-refractivity contribution in [3.05, 3.63) is 71.8 Å². The highest BCUT2D eigenvalue weighted by Gasteiger charge is 2.48. The third-order valence-electron chi connectivity index (χ3n) is 3.95. The Morgan fingerprint density at radius 2 is 1.61 bits per heavy atom. The summed E-state index contributed by atoms with van der Waals surface area (Å²) in [4.78, 5) is 12.8. The summed E-state index contributed by atoms with van der Waals surface area (Å²) in [5, 5.41) is 0.221. The van der Waals surface area contributed by atoms with Gasteiger partial charge in [0.05, 0.1) is 7.11 Å². The third kappa shape index (κ3) is 3.65. The van der Waals surface area contributed by atoms with Gasteiger partial charge >= 0.3 is 15.6 Å². The quantitative estimate of drug-likeness (QED) is 0.356. The molecule has 0 radical (unpaired) electrons. The number of ether oxygens (including phenoxy) is 1. The maximum Gasteiger partial charge on any atom is 0.534 e. The maximum atomic E-state index is 12.8. The largest absolute Gasteiger partial charge is 0.534 e. The van der Waals surface area contributed by atoms with E-state index in [1.54, 1.807) is 30.3 Å². The van der Waals surface area contributed by atoms with E-state index in [4.69, 9.17) is 4.74 Å². The second-order valence-corrected chi connectivity index (χ2v) is 7.24. The predicted molar refractivity (Wildman–Crippen MR) is 96.0 cm³/mol. The molecule has 0 spiro atoms. The number of hydrogen-bond acceptors (Lipinski definition) is 5. The van der Waals surface area contributed by atoms with E-state index in [-0.39, 0.29) is 27.9 Å². The molecule has 0 unspecified atom stereocenters. The molecule has 0 saturated heterocycles. The summed E-state index contributed by atoms with van der Waals surface area (Å²) in [6.45, 7) is 0. The van der Waals surface area contributed by atoms with Crippen LogP contribution in [0.1, 0.15) is 15.9 Å². The van der Waals surface area contributed by atoms with Gasteiger partial charge in [0.15, 0.2) is 11.5 Å². The van der Waals surface area contributed by atoms with Crippen molar-refractivity contribution >= 4 is 26.7 Å². The Bertz CT molecular complexity index is 1140. The molecule has 0 N–H and O–H groups in total. The van der Waals surface area contributed by atoms with E-state index in [1.165, 1.54) is 31.4 Å². The van der Waals surface area contributed by atoms with Crippen molar-refractivity contribution in [3.63, 3.8) is 0 Å². The molecule has 146 valence electrons. The molecule has 3 aromatic rings. The Morgan fingerprint density at radius 1 is 0.929 bits per heavy atom. The summed E-state index contributed by atoms with van der Waals surface area (Å²) < 4.78 is 70.3. The lowest BCUT2D eigenvalue weighted by atomic mass is 9.96. The lowest BCUT2D eigenvalue weighted by molar-refractivity contribution is -0.0499. The van der Waals surface area contributed by atoms with Crippen molar-refractivity contribution in [1.29, 1.82) is 0 Å². The summed E-state index contributed by atoms with van der Waals surface area (Å²) in [6, 6.07) is 14.8. The molecule has 9 heteroatoms. The van der Waals surface area contributed by atoms with Gasteiger partial charge in [-0.2, -0.15) is 21.6 Å². The number of halogens is 3. The van der Waals surface area contributed by atoms with Crippen molar-refractivity contribution in [2.24, 2.45) is 0 Å². The second-order valence-electron chi connectivity index (χ2n) is 5.70. The van der Waals surface area contributed by atoms with Crippen molar-refractivity contribution in [1.82, 2.24) is 0 Å². The van der Waals surface area contributed by atoms with Gasteiger partial charge in [-0.1, -0.05) is 30.3 Å². The first kappa shape index (κ1) is 19.7. The number of rotatable bonds is 5. The van der Waals surface area contributed by atoms with Crippen LogP contribution in [0.4, 0.5) is 13.2 Å². The van der Waals surface area contributed by atoms with Gasteiger partial charge in [-0.05, 0) is 35.7 Å². The Hall–Kier alpha value is -3.07. The molecule has 0 aliphatic rings. The Morgan fingerprint density at radius 3 is 2.21 bits per heavy atom. The van der Waals surface area contributed by atoms with Crippen LogP contribution in [0.5, 0.6) is 11.5 Å². The number of carbonyl (C=O) groups is 1. The molecule has 28 heavy (non-hydrogen) atoms. The fourth-order valence-electron chi connectivity index (χ4n) is 2.61. The van der Waals surface area contributed by atoms with Crippen molar-refractivity contribution in [2.75, 3.05) is 7.11 Å². The molecule has 0 fully saturated rings. The number of ketones is 1.